The molecule has 0 saturated carbocycles. The first kappa shape index (κ1) is 16.0. The van der Waals surface area contributed by atoms with Gasteiger partial charge in [0.2, 0.25) is 0 Å². The van der Waals surface area contributed by atoms with E-state index in [0.29, 0.717) is 0 Å². The average molecular weight is 276 g/mol. The molecule has 1 aromatic rings. The highest BCUT2D eigenvalue weighted by molar-refractivity contribution is 6.02. The van der Waals surface area contributed by atoms with E-state index < -0.39 is 17.5 Å². The Bertz CT molecular complexity index is 540. The molecule has 0 radical (unpaired) electrons. The Morgan fingerprint density at radius 1 is 1.15 bits per heavy atom. The molecular formula is C16H20O4. The van der Waals surface area contributed by atoms with E-state index in [1.165, 1.54) is 12.1 Å². The van der Waals surface area contributed by atoms with Gasteiger partial charge >= 0.3 is 11.9 Å². The van der Waals surface area contributed by atoms with Crippen molar-refractivity contribution in [3.8, 4) is 0 Å². The molecule has 4 heteroatoms. The van der Waals surface area contributed by atoms with Gasteiger partial charge in [0.25, 0.3) is 0 Å². The molecule has 0 aliphatic heterocycles. The molecule has 0 bridgehead atoms. The molecule has 108 valence electrons. The summed E-state index contributed by atoms with van der Waals surface area (Å²) in [5.74, 6) is -1.83. The molecule has 1 aromatic carbocycles. The van der Waals surface area contributed by atoms with E-state index in [4.69, 9.17) is 9.84 Å². The molecule has 1 rings (SSSR count). The zero-order chi connectivity index (χ0) is 15.6. The van der Waals surface area contributed by atoms with Crippen LogP contribution in [0.15, 0.2) is 36.9 Å². The van der Waals surface area contributed by atoms with Gasteiger partial charge in [0.1, 0.15) is 5.60 Å². The van der Waals surface area contributed by atoms with Crippen LogP contribution in [0.4, 0.5) is 0 Å². The van der Waals surface area contributed by atoms with Crippen LogP contribution < -0.4 is 0 Å². The van der Waals surface area contributed by atoms with Gasteiger partial charge in [-0.15, -0.1) is 0 Å². The van der Waals surface area contributed by atoms with Crippen molar-refractivity contribution in [2.24, 2.45) is 5.41 Å². The summed E-state index contributed by atoms with van der Waals surface area (Å²) in [5.41, 5.74) is -1.28. The van der Waals surface area contributed by atoms with Crippen LogP contribution >= 0.6 is 0 Å². The number of carbonyl (C=O) groups excluding carboxylic acids is 1. The van der Waals surface area contributed by atoms with Gasteiger partial charge in [-0.25, -0.2) is 9.59 Å². The fourth-order valence-corrected chi connectivity index (χ4v) is 1.60. The van der Waals surface area contributed by atoms with Gasteiger partial charge in [-0.2, -0.15) is 0 Å². The summed E-state index contributed by atoms with van der Waals surface area (Å²) in [4.78, 5) is 23.4. The van der Waals surface area contributed by atoms with Crippen molar-refractivity contribution in [2.45, 2.75) is 33.3 Å². The Hall–Kier alpha value is -2.10. The number of aromatic carboxylic acids is 1. The van der Waals surface area contributed by atoms with Crippen LogP contribution in [0.3, 0.4) is 0 Å². The highest BCUT2D eigenvalue weighted by Crippen LogP contribution is 2.35. The van der Waals surface area contributed by atoms with Crippen LogP contribution in [0.1, 0.15) is 48.4 Å². The van der Waals surface area contributed by atoms with Crippen LogP contribution in [0, 0.1) is 5.41 Å². The minimum absolute atomic E-state index is 0.0392. The van der Waals surface area contributed by atoms with Gasteiger partial charge in [-0.1, -0.05) is 39.5 Å². The molecule has 0 amide bonds. The number of hydrogen-bond acceptors (Lipinski definition) is 3. The first-order chi connectivity index (χ1) is 9.12. The SMILES string of the molecule is C=C[C@](C)(OC(=O)c1ccccc1C(=O)O)C(C)(C)C. The number of ether oxygens (including phenoxy) is 1. The largest absolute Gasteiger partial charge is 0.478 e. The molecule has 0 spiro atoms. The molecule has 1 N–H and O–H groups in total. The van der Waals surface area contributed by atoms with Crippen molar-refractivity contribution in [2.75, 3.05) is 0 Å². The van der Waals surface area contributed by atoms with Gasteiger partial charge < -0.3 is 9.84 Å². The third-order valence-corrected chi connectivity index (χ3v) is 3.56. The van der Waals surface area contributed by atoms with E-state index in [-0.39, 0.29) is 16.5 Å². The first-order valence-electron chi connectivity index (χ1n) is 6.31. The van der Waals surface area contributed by atoms with Crippen LogP contribution in [-0.4, -0.2) is 22.6 Å². The molecule has 0 unspecified atom stereocenters. The van der Waals surface area contributed by atoms with Crippen LogP contribution in [0.25, 0.3) is 0 Å². The van der Waals surface area contributed by atoms with E-state index >= 15 is 0 Å². The van der Waals surface area contributed by atoms with E-state index in [2.05, 4.69) is 6.58 Å². The second-order valence-corrected chi connectivity index (χ2v) is 5.80. The van der Waals surface area contributed by atoms with E-state index in [9.17, 15) is 9.59 Å². The van der Waals surface area contributed by atoms with Crippen molar-refractivity contribution in [1.82, 2.24) is 0 Å². The molecule has 0 fully saturated rings. The summed E-state index contributed by atoms with van der Waals surface area (Å²) in [7, 11) is 0. The molecular weight excluding hydrogens is 256 g/mol. The van der Waals surface area contributed by atoms with Crippen LogP contribution in [0.2, 0.25) is 0 Å². The second kappa shape index (κ2) is 5.49. The highest BCUT2D eigenvalue weighted by Gasteiger charge is 2.39. The predicted octanol–water partition coefficient (Wildman–Crippen LogP) is 3.53. The Balaban J connectivity index is 3.15. The van der Waals surface area contributed by atoms with E-state index in [1.54, 1.807) is 25.1 Å². The smallest absolute Gasteiger partial charge is 0.339 e. The van der Waals surface area contributed by atoms with Crippen molar-refractivity contribution < 1.29 is 19.4 Å². The van der Waals surface area contributed by atoms with Crippen molar-refractivity contribution in [1.29, 1.82) is 0 Å². The topological polar surface area (TPSA) is 63.6 Å². The third-order valence-electron chi connectivity index (χ3n) is 3.56. The van der Waals surface area contributed by atoms with Gasteiger partial charge in [0.15, 0.2) is 0 Å². The summed E-state index contributed by atoms with van der Waals surface area (Å²) >= 11 is 0. The standard InChI is InChI=1S/C16H20O4/c1-6-16(5,15(2,3)4)20-14(19)12-10-8-7-9-11(12)13(17)18/h6-10H,1H2,2-5H3,(H,17,18)/t16-/m0/s1. The van der Waals surface area contributed by atoms with Crippen molar-refractivity contribution in [3.05, 3.63) is 48.0 Å². The van der Waals surface area contributed by atoms with Gasteiger partial charge in [0, 0.05) is 5.41 Å². The Labute approximate surface area is 119 Å². The lowest BCUT2D eigenvalue weighted by atomic mass is 9.77. The Morgan fingerprint density at radius 2 is 1.65 bits per heavy atom. The molecule has 0 aliphatic rings. The number of rotatable bonds is 4. The van der Waals surface area contributed by atoms with E-state index in [1.807, 2.05) is 20.8 Å². The zero-order valence-corrected chi connectivity index (χ0v) is 12.3. The first-order valence-corrected chi connectivity index (χ1v) is 6.31. The van der Waals surface area contributed by atoms with Crippen molar-refractivity contribution in [3.63, 3.8) is 0 Å². The Kier molecular flexibility index (Phi) is 4.38. The van der Waals surface area contributed by atoms with E-state index in [0.717, 1.165) is 0 Å². The lowest BCUT2D eigenvalue weighted by molar-refractivity contribution is -0.0368. The monoisotopic (exact) mass is 276 g/mol. The number of carboxylic acid groups (broad SMARTS) is 1. The number of esters is 1. The molecule has 0 saturated heterocycles. The quantitative estimate of drug-likeness (QED) is 0.675. The predicted molar refractivity (Wildman–Crippen MR) is 76.9 cm³/mol. The lowest BCUT2D eigenvalue weighted by Gasteiger charge is -2.38. The van der Waals surface area contributed by atoms with Crippen LogP contribution in [0.5, 0.6) is 0 Å². The minimum atomic E-state index is -1.16. The molecule has 0 aliphatic carbocycles. The maximum absolute atomic E-state index is 12.3. The maximum atomic E-state index is 12.3. The number of carbonyl (C=O) groups is 2. The summed E-state index contributed by atoms with van der Waals surface area (Å²) in [5, 5.41) is 9.10. The van der Waals surface area contributed by atoms with Gasteiger partial charge in [0.05, 0.1) is 11.1 Å². The second-order valence-electron chi connectivity index (χ2n) is 5.80. The normalized spacial score (nSPS) is 14.2. The number of carboxylic acids is 1. The molecule has 1 atom stereocenters. The summed E-state index contributed by atoms with van der Waals surface area (Å²) in [6.45, 7) is 11.2. The number of hydrogen-bond donors (Lipinski definition) is 1. The molecule has 0 heterocycles. The van der Waals surface area contributed by atoms with Gasteiger partial charge in [-0.3, -0.25) is 0 Å². The fraction of sp³-hybridized carbons (Fsp3) is 0.375. The minimum Gasteiger partial charge on any atom is -0.478 e. The molecule has 20 heavy (non-hydrogen) atoms. The summed E-state index contributed by atoms with van der Waals surface area (Å²) in [6, 6.07) is 5.99. The highest BCUT2D eigenvalue weighted by atomic mass is 16.6. The molecule has 0 aromatic heterocycles. The summed E-state index contributed by atoms with van der Waals surface area (Å²) < 4.78 is 5.51. The zero-order valence-electron chi connectivity index (χ0n) is 12.3. The lowest BCUT2D eigenvalue weighted by Crippen LogP contribution is -2.42. The van der Waals surface area contributed by atoms with Crippen LogP contribution in [-0.2, 0) is 4.74 Å². The number of benzene rings is 1. The summed E-state index contributed by atoms with van der Waals surface area (Å²) in [6.07, 6.45) is 1.56. The molecule has 4 nitrogen and oxygen atoms in total. The average Bonchev–Trinajstić information content (AvgIpc) is 2.37. The third kappa shape index (κ3) is 3.07. The Morgan fingerprint density at radius 3 is 2.05 bits per heavy atom. The van der Waals surface area contributed by atoms with Crippen molar-refractivity contribution >= 4 is 11.9 Å². The van der Waals surface area contributed by atoms with Gasteiger partial charge in [-0.05, 0) is 25.1 Å². The maximum Gasteiger partial charge on any atom is 0.339 e. The fourth-order valence-electron chi connectivity index (χ4n) is 1.60.